The lowest BCUT2D eigenvalue weighted by molar-refractivity contribution is 0.557. The van der Waals surface area contributed by atoms with Crippen LogP contribution in [0.5, 0.6) is 0 Å². The number of rotatable bonds is 1. The first-order valence-corrected chi connectivity index (χ1v) is 4.28. The highest BCUT2D eigenvalue weighted by Crippen LogP contribution is 2.20. The van der Waals surface area contributed by atoms with E-state index in [-0.39, 0.29) is 7.43 Å². The van der Waals surface area contributed by atoms with E-state index in [1.807, 2.05) is 6.07 Å². The summed E-state index contributed by atoms with van der Waals surface area (Å²) in [5, 5.41) is 1.21. The van der Waals surface area contributed by atoms with Crippen LogP contribution in [0.25, 0.3) is 11.0 Å². The molecular weight excluding hydrogens is 160 g/mol. The van der Waals surface area contributed by atoms with Gasteiger partial charge in [-0.3, -0.25) is 0 Å². The van der Waals surface area contributed by atoms with Crippen molar-refractivity contribution in [3.8, 4) is 0 Å². The van der Waals surface area contributed by atoms with Crippen LogP contribution < -0.4 is 0 Å². The van der Waals surface area contributed by atoms with Gasteiger partial charge in [-0.25, -0.2) is 0 Å². The van der Waals surface area contributed by atoms with Gasteiger partial charge in [-0.2, -0.15) is 0 Å². The Bertz CT molecular complexity index is 398. The first kappa shape index (κ1) is 9.85. The van der Waals surface area contributed by atoms with Crippen LogP contribution in [0.1, 0.15) is 25.7 Å². The van der Waals surface area contributed by atoms with Crippen LogP contribution >= 0.6 is 0 Å². The summed E-state index contributed by atoms with van der Waals surface area (Å²) in [6.07, 6.45) is 0.966. The first-order chi connectivity index (χ1) is 5.79. The van der Waals surface area contributed by atoms with Gasteiger partial charge in [-0.15, -0.1) is 0 Å². The Labute approximate surface area is 79.4 Å². The fraction of sp³-hybridized carbons (Fsp3) is 0.333. The quantitative estimate of drug-likeness (QED) is 0.641. The number of hydrogen-bond donors (Lipinski definition) is 0. The monoisotopic (exact) mass is 176 g/mol. The van der Waals surface area contributed by atoms with Crippen molar-refractivity contribution in [1.29, 1.82) is 0 Å². The average Bonchev–Trinajstić information content (AvgIpc) is 2.46. The number of fused-ring (bicyclic) bond motifs is 1. The van der Waals surface area contributed by atoms with Crippen LogP contribution in [-0.4, -0.2) is 0 Å². The first-order valence-electron chi connectivity index (χ1n) is 4.28. The molecule has 2 rings (SSSR count). The molecule has 0 fully saturated rings. The Morgan fingerprint density at radius 2 is 2.00 bits per heavy atom. The van der Waals surface area contributed by atoms with Crippen LogP contribution in [-0.2, 0) is 6.42 Å². The van der Waals surface area contributed by atoms with Crippen LogP contribution in [0.2, 0.25) is 0 Å². The second-order valence-corrected chi connectivity index (χ2v) is 3.11. The van der Waals surface area contributed by atoms with Crippen molar-refractivity contribution in [3.63, 3.8) is 0 Å². The van der Waals surface area contributed by atoms with Crippen molar-refractivity contribution >= 4 is 11.0 Å². The maximum Gasteiger partial charge on any atom is 0.134 e. The van der Waals surface area contributed by atoms with Crippen LogP contribution in [0, 0.1) is 6.92 Å². The lowest BCUT2D eigenvalue weighted by Crippen LogP contribution is -1.68. The Hall–Kier alpha value is -1.24. The predicted octanol–water partition coefficient (Wildman–Crippen LogP) is 3.94. The third-order valence-electron chi connectivity index (χ3n) is 2.07. The lowest BCUT2D eigenvalue weighted by atomic mass is 10.2. The van der Waals surface area contributed by atoms with Crippen molar-refractivity contribution in [2.75, 3.05) is 0 Å². The molecule has 1 heteroatoms. The highest BCUT2D eigenvalue weighted by Gasteiger charge is 2.00. The number of benzene rings is 1. The van der Waals surface area contributed by atoms with Gasteiger partial charge < -0.3 is 4.42 Å². The van der Waals surface area contributed by atoms with E-state index in [4.69, 9.17) is 4.42 Å². The maximum atomic E-state index is 5.57. The molecule has 2 aromatic rings. The van der Waals surface area contributed by atoms with Crippen molar-refractivity contribution in [1.82, 2.24) is 0 Å². The molecule has 0 amide bonds. The van der Waals surface area contributed by atoms with E-state index in [9.17, 15) is 0 Å². The molecule has 0 saturated heterocycles. The zero-order valence-corrected chi connectivity index (χ0v) is 7.42. The second kappa shape index (κ2) is 3.65. The van der Waals surface area contributed by atoms with E-state index in [0.717, 1.165) is 17.8 Å². The molecule has 70 valence electrons. The van der Waals surface area contributed by atoms with Crippen LogP contribution in [0.4, 0.5) is 0 Å². The van der Waals surface area contributed by atoms with E-state index < -0.39 is 0 Å². The van der Waals surface area contributed by atoms with Gasteiger partial charge in [0.05, 0.1) is 0 Å². The van der Waals surface area contributed by atoms with Crippen LogP contribution in [0.15, 0.2) is 28.7 Å². The Morgan fingerprint density at radius 1 is 1.23 bits per heavy atom. The zero-order valence-electron chi connectivity index (χ0n) is 7.42. The fourth-order valence-electron chi connectivity index (χ4n) is 1.39. The summed E-state index contributed by atoms with van der Waals surface area (Å²) in [7, 11) is 0. The summed E-state index contributed by atoms with van der Waals surface area (Å²) in [4.78, 5) is 0. The summed E-state index contributed by atoms with van der Waals surface area (Å²) < 4.78 is 5.57. The molecule has 0 radical (unpaired) electrons. The standard InChI is InChI=1S/C11H12O.CH4/c1-3-10-7-9-6-8(2)4-5-11(9)12-10;/h4-7H,3H2,1-2H3;1H4. The van der Waals surface area contributed by atoms with E-state index in [1.165, 1.54) is 10.9 Å². The van der Waals surface area contributed by atoms with E-state index in [1.54, 1.807) is 0 Å². The minimum Gasteiger partial charge on any atom is -0.461 e. The van der Waals surface area contributed by atoms with Crippen molar-refractivity contribution in [2.45, 2.75) is 27.7 Å². The van der Waals surface area contributed by atoms with Crippen molar-refractivity contribution in [3.05, 3.63) is 35.6 Å². The Balaban J connectivity index is 0.000000845. The van der Waals surface area contributed by atoms with Gasteiger partial charge in [0.25, 0.3) is 0 Å². The van der Waals surface area contributed by atoms with Crippen molar-refractivity contribution in [2.24, 2.45) is 0 Å². The van der Waals surface area contributed by atoms with E-state index >= 15 is 0 Å². The predicted molar refractivity (Wildman–Crippen MR) is 57.1 cm³/mol. The molecule has 0 atom stereocenters. The molecule has 0 aliphatic heterocycles. The number of hydrogen-bond acceptors (Lipinski definition) is 1. The highest BCUT2D eigenvalue weighted by molar-refractivity contribution is 5.78. The number of aryl methyl sites for hydroxylation is 2. The Kier molecular flexibility index (Phi) is 2.76. The minimum atomic E-state index is 0. The smallest absolute Gasteiger partial charge is 0.134 e. The van der Waals surface area contributed by atoms with Gasteiger partial charge in [0.2, 0.25) is 0 Å². The van der Waals surface area contributed by atoms with Gasteiger partial charge in [-0.05, 0) is 25.1 Å². The Morgan fingerprint density at radius 3 is 2.69 bits per heavy atom. The molecule has 1 aromatic carbocycles. The van der Waals surface area contributed by atoms with E-state index in [0.29, 0.717) is 0 Å². The molecule has 0 aliphatic rings. The molecule has 1 heterocycles. The molecule has 0 aliphatic carbocycles. The minimum absolute atomic E-state index is 0. The zero-order chi connectivity index (χ0) is 8.55. The average molecular weight is 176 g/mol. The topological polar surface area (TPSA) is 13.1 Å². The molecule has 0 unspecified atom stereocenters. The van der Waals surface area contributed by atoms with Crippen molar-refractivity contribution < 1.29 is 4.42 Å². The highest BCUT2D eigenvalue weighted by atomic mass is 16.3. The molecule has 0 N–H and O–H groups in total. The maximum absolute atomic E-state index is 5.57. The fourth-order valence-corrected chi connectivity index (χ4v) is 1.39. The summed E-state index contributed by atoms with van der Waals surface area (Å²) in [5.41, 5.74) is 2.28. The molecule has 13 heavy (non-hydrogen) atoms. The van der Waals surface area contributed by atoms with E-state index in [2.05, 4.69) is 32.0 Å². The molecule has 0 spiro atoms. The molecular formula is C12H16O. The van der Waals surface area contributed by atoms with Crippen LogP contribution in [0.3, 0.4) is 0 Å². The third kappa shape index (κ3) is 1.74. The third-order valence-corrected chi connectivity index (χ3v) is 2.07. The normalized spacial score (nSPS) is 10.0. The van der Waals surface area contributed by atoms with Gasteiger partial charge in [0.1, 0.15) is 11.3 Å². The second-order valence-electron chi connectivity index (χ2n) is 3.11. The molecule has 0 saturated carbocycles. The SMILES string of the molecule is C.CCc1cc2cc(C)ccc2o1. The summed E-state index contributed by atoms with van der Waals surface area (Å²) in [6, 6.07) is 8.37. The molecule has 1 aromatic heterocycles. The largest absolute Gasteiger partial charge is 0.461 e. The number of furan rings is 1. The molecule has 1 nitrogen and oxygen atoms in total. The summed E-state index contributed by atoms with van der Waals surface area (Å²) in [6.45, 7) is 4.20. The van der Waals surface area contributed by atoms with Gasteiger partial charge in [0, 0.05) is 11.8 Å². The lowest BCUT2D eigenvalue weighted by Gasteiger charge is -1.89. The van der Waals surface area contributed by atoms with Gasteiger partial charge in [0.15, 0.2) is 0 Å². The molecule has 0 bridgehead atoms. The van der Waals surface area contributed by atoms with Gasteiger partial charge in [-0.1, -0.05) is 26.0 Å². The summed E-state index contributed by atoms with van der Waals surface area (Å²) >= 11 is 0. The summed E-state index contributed by atoms with van der Waals surface area (Å²) in [5.74, 6) is 1.07. The van der Waals surface area contributed by atoms with Gasteiger partial charge >= 0.3 is 0 Å².